The Morgan fingerprint density at radius 1 is 1.50 bits per heavy atom. The molecule has 112 valence electrons. The number of hydrogen-bond donors (Lipinski definition) is 1. The minimum atomic E-state index is -0.0581. The summed E-state index contributed by atoms with van der Waals surface area (Å²) in [5.41, 5.74) is 1.40. The lowest BCUT2D eigenvalue weighted by Crippen LogP contribution is -2.41. The number of anilines is 1. The molecule has 1 amide bonds. The Morgan fingerprint density at radius 3 is 2.85 bits per heavy atom. The number of amides is 1. The van der Waals surface area contributed by atoms with Crippen LogP contribution in [0.1, 0.15) is 37.7 Å². The molecule has 0 saturated heterocycles. The summed E-state index contributed by atoms with van der Waals surface area (Å²) in [6.45, 7) is 8.08. The van der Waals surface area contributed by atoms with Crippen LogP contribution in [-0.2, 0) is 4.74 Å². The number of methoxy groups -OCH3 is 1. The van der Waals surface area contributed by atoms with E-state index >= 15 is 0 Å². The molecule has 0 aliphatic heterocycles. The molecule has 1 aromatic heterocycles. The van der Waals surface area contributed by atoms with E-state index < -0.39 is 0 Å². The number of nitrogens with zero attached hydrogens (tertiary/aromatic N) is 2. The van der Waals surface area contributed by atoms with Crippen LogP contribution < -0.4 is 5.32 Å². The molecule has 0 spiro atoms. The van der Waals surface area contributed by atoms with Gasteiger partial charge in [0.15, 0.2) is 0 Å². The lowest BCUT2D eigenvalue weighted by Gasteiger charge is -2.27. The molecule has 1 rings (SSSR count). The summed E-state index contributed by atoms with van der Waals surface area (Å²) in [4.78, 5) is 18.5. The Labute approximate surface area is 121 Å². The molecule has 0 fully saturated rings. The zero-order chi connectivity index (χ0) is 15.0. The van der Waals surface area contributed by atoms with Crippen LogP contribution in [0.3, 0.4) is 0 Å². The van der Waals surface area contributed by atoms with Gasteiger partial charge in [0.05, 0.1) is 12.6 Å². The van der Waals surface area contributed by atoms with Crippen LogP contribution in [0.2, 0.25) is 0 Å². The lowest BCUT2D eigenvalue weighted by atomic mass is 10.2. The van der Waals surface area contributed by atoms with Gasteiger partial charge in [0.25, 0.3) is 5.91 Å². The van der Waals surface area contributed by atoms with Crippen LogP contribution in [0.4, 0.5) is 5.69 Å². The molecule has 1 heterocycles. The van der Waals surface area contributed by atoms with Crippen molar-refractivity contribution < 1.29 is 9.53 Å². The van der Waals surface area contributed by atoms with E-state index in [1.54, 1.807) is 24.3 Å². The van der Waals surface area contributed by atoms with Gasteiger partial charge in [0.2, 0.25) is 0 Å². The van der Waals surface area contributed by atoms with Crippen LogP contribution in [0.15, 0.2) is 18.3 Å². The van der Waals surface area contributed by atoms with Crippen molar-refractivity contribution in [1.29, 1.82) is 0 Å². The van der Waals surface area contributed by atoms with Crippen molar-refractivity contribution in [2.45, 2.75) is 33.2 Å². The van der Waals surface area contributed by atoms with E-state index in [2.05, 4.69) is 17.2 Å². The molecular formula is C15H25N3O2. The Morgan fingerprint density at radius 2 is 2.25 bits per heavy atom. The number of carbonyl (C=O) groups excluding carboxylic acids is 1. The Kier molecular flexibility index (Phi) is 7.01. The zero-order valence-electron chi connectivity index (χ0n) is 12.8. The first-order valence-electron chi connectivity index (χ1n) is 7.13. The highest BCUT2D eigenvalue weighted by Gasteiger charge is 2.21. The number of carbonyl (C=O) groups is 1. The largest absolute Gasteiger partial charge is 0.385 e. The number of pyridine rings is 1. The van der Waals surface area contributed by atoms with E-state index in [1.165, 1.54) is 0 Å². The summed E-state index contributed by atoms with van der Waals surface area (Å²) in [5, 5.41) is 3.27. The number of nitrogens with one attached hydrogen (secondary N) is 1. The normalized spacial score (nSPS) is 12.0. The predicted molar refractivity (Wildman–Crippen MR) is 81.1 cm³/mol. The van der Waals surface area contributed by atoms with Crippen LogP contribution in [0, 0.1) is 0 Å². The number of likely N-dealkylation sites (N-methyl/N-ethyl adjacent to an activating group) is 1. The zero-order valence-corrected chi connectivity index (χ0v) is 12.8. The van der Waals surface area contributed by atoms with Crippen LogP contribution >= 0.6 is 0 Å². The van der Waals surface area contributed by atoms with Crippen molar-refractivity contribution in [2.75, 3.05) is 32.1 Å². The quantitative estimate of drug-likeness (QED) is 0.794. The molecule has 0 aliphatic rings. The van der Waals surface area contributed by atoms with Crippen LogP contribution in [-0.4, -0.2) is 48.6 Å². The number of hydrogen-bond acceptors (Lipinski definition) is 4. The minimum absolute atomic E-state index is 0.0338. The topological polar surface area (TPSA) is 54.5 Å². The Bertz CT molecular complexity index is 423. The third-order valence-corrected chi connectivity index (χ3v) is 3.10. The van der Waals surface area contributed by atoms with Gasteiger partial charge in [-0.05, 0) is 32.4 Å². The molecule has 0 aromatic carbocycles. The van der Waals surface area contributed by atoms with Gasteiger partial charge in [-0.2, -0.15) is 0 Å². The van der Waals surface area contributed by atoms with E-state index in [4.69, 9.17) is 4.74 Å². The summed E-state index contributed by atoms with van der Waals surface area (Å²) in [7, 11) is 1.64. The van der Waals surface area contributed by atoms with Crippen molar-refractivity contribution in [1.82, 2.24) is 9.88 Å². The molecule has 0 bridgehead atoms. The molecule has 0 radical (unpaired) electrons. The minimum Gasteiger partial charge on any atom is -0.385 e. The van der Waals surface area contributed by atoms with Crippen molar-refractivity contribution in [2.24, 2.45) is 0 Å². The van der Waals surface area contributed by atoms with Gasteiger partial charge in [-0.25, -0.2) is 0 Å². The van der Waals surface area contributed by atoms with Gasteiger partial charge >= 0.3 is 0 Å². The van der Waals surface area contributed by atoms with Gasteiger partial charge < -0.3 is 15.0 Å². The van der Waals surface area contributed by atoms with E-state index in [0.29, 0.717) is 18.8 Å². The highest BCUT2D eigenvalue weighted by atomic mass is 16.5. The molecule has 1 atom stereocenters. The van der Waals surface area contributed by atoms with E-state index in [1.807, 2.05) is 19.9 Å². The second kappa shape index (κ2) is 8.53. The predicted octanol–water partition coefficient (Wildman–Crippen LogP) is 2.40. The molecular weight excluding hydrogens is 254 g/mol. The smallest absolute Gasteiger partial charge is 0.272 e. The number of rotatable bonds is 8. The van der Waals surface area contributed by atoms with E-state index in [9.17, 15) is 4.79 Å². The van der Waals surface area contributed by atoms with Gasteiger partial charge in [0, 0.05) is 32.1 Å². The fourth-order valence-corrected chi connectivity index (χ4v) is 2.06. The molecule has 1 aromatic rings. The summed E-state index contributed by atoms with van der Waals surface area (Å²) < 4.78 is 5.12. The second-order valence-electron chi connectivity index (χ2n) is 4.75. The molecule has 5 nitrogen and oxygen atoms in total. The fourth-order valence-electron chi connectivity index (χ4n) is 2.06. The maximum absolute atomic E-state index is 12.5. The van der Waals surface area contributed by atoms with Gasteiger partial charge in [-0.1, -0.05) is 6.92 Å². The summed E-state index contributed by atoms with van der Waals surface area (Å²) in [6, 6.07) is 3.72. The average molecular weight is 279 g/mol. The fraction of sp³-hybridized carbons (Fsp3) is 0.600. The highest BCUT2D eigenvalue weighted by molar-refractivity contribution is 5.93. The first kappa shape index (κ1) is 16.4. The molecule has 0 aliphatic carbocycles. The van der Waals surface area contributed by atoms with E-state index in [0.717, 1.165) is 18.7 Å². The summed E-state index contributed by atoms with van der Waals surface area (Å²) >= 11 is 0. The van der Waals surface area contributed by atoms with Gasteiger partial charge in [0.1, 0.15) is 5.69 Å². The molecule has 1 unspecified atom stereocenters. The standard InChI is InChI=1S/C15H25N3O2/c1-5-8-16-13-7-9-17-14(10-13)15(19)18(6-2)12(3)11-20-4/h7,9-10,12H,5-6,8,11H2,1-4H3,(H,16,17). The molecule has 20 heavy (non-hydrogen) atoms. The van der Waals surface area contributed by atoms with Crippen molar-refractivity contribution >= 4 is 11.6 Å². The summed E-state index contributed by atoms with van der Waals surface area (Å²) in [6.07, 6.45) is 2.71. The number of aromatic nitrogens is 1. The van der Waals surface area contributed by atoms with Crippen molar-refractivity contribution in [3.63, 3.8) is 0 Å². The SMILES string of the molecule is CCCNc1ccnc(C(=O)N(CC)C(C)COC)c1. The first-order chi connectivity index (χ1) is 9.63. The molecule has 0 saturated carbocycles. The van der Waals surface area contributed by atoms with Gasteiger partial charge in [-0.3, -0.25) is 9.78 Å². The van der Waals surface area contributed by atoms with Crippen molar-refractivity contribution in [3.05, 3.63) is 24.0 Å². The Balaban J connectivity index is 2.83. The second-order valence-corrected chi connectivity index (χ2v) is 4.75. The van der Waals surface area contributed by atoms with Crippen LogP contribution in [0.5, 0.6) is 0 Å². The average Bonchev–Trinajstić information content (AvgIpc) is 2.46. The lowest BCUT2D eigenvalue weighted by molar-refractivity contribution is 0.0574. The third kappa shape index (κ3) is 4.49. The Hall–Kier alpha value is -1.62. The van der Waals surface area contributed by atoms with Crippen molar-refractivity contribution in [3.8, 4) is 0 Å². The highest BCUT2D eigenvalue weighted by Crippen LogP contribution is 2.12. The van der Waals surface area contributed by atoms with Gasteiger partial charge in [-0.15, -0.1) is 0 Å². The first-order valence-corrected chi connectivity index (χ1v) is 7.13. The van der Waals surface area contributed by atoms with E-state index in [-0.39, 0.29) is 11.9 Å². The molecule has 5 heteroatoms. The maximum Gasteiger partial charge on any atom is 0.272 e. The molecule has 1 N–H and O–H groups in total. The summed E-state index contributed by atoms with van der Waals surface area (Å²) in [5.74, 6) is -0.0581. The maximum atomic E-state index is 12.5. The number of ether oxygens (including phenoxy) is 1. The monoisotopic (exact) mass is 279 g/mol. The third-order valence-electron chi connectivity index (χ3n) is 3.10. The van der Waals surface area contributed by atoms with Crippen LogP contribution in [0.25, 0.3) is 0 Å².